The second-order valence-electron chi connectivity index (χ2n) is 5.89. The molecule has 132 valence electrons. The molecule has 1 fully saturated rings. The van der Waals surface area contributed by atoms with E-state index in [9.17, 15) is 14.9 Å². The third kappa shape index (κ3) is 3.69. The fourth-order valence-electron chi connectivity index (χ4n) is 3.04. The Morgan fingerprint density at radius 1 is 1.52 bits per heavy atom. The first-order valence-electron chi connectivity index (χ1n) is 8.28. The zero-order valence-corrected chi connectivity index (χ0v) is 13.9. The van der Waals surface area contributed by atoms with E-state index in [1.165, 1.54) is 18.2 Å². The summed E-state index contributed by atoms with van der Waals surface area (Å²) in [7, 11) is 0. The molecule has 0 bridgehead atoms. The van der Waals surface area contributed by atoms with Gasteiger partial charge in [0.2, 0.25) is 0 Å². The maximum atomic E-state index is 12.5. The van der Waals surface area contributed by atoms with Crippen LogP contribution < -0.4 is 5.32 Å². The minimum atomic E-state index is -0.513. The van der Waals surface area contributed by atoms with Crippen LogP contribution in [0, 0.1) is 10.1 Å². The number of non-ortho nitro benzene ring substituents is 1. The van der Waals surface area contributed by atoms with Crippen LogP contribution in [0.2, 0.25) is 0 Å². The summed E-state index contributed by atoms with van der Waals surface area (Å²) in [5.74, 6) is 0.436. The monoisotopic (exact) mass is 344 g/mol. The summed E-state index contributed by atoms with van der Waals surface area (Å²) < 4.78 is 7.86. The van der Waals surface area contributed by atoms with E-state index >= 15 is 0 Å². The number of imidazole rings is 1. The zero-order chi connectivity index (χ0) is 17.8. The van der Waals surface area contributed by atoms with E-state index < -0.39 is 4.92 Å². The summed E-state index contributed by atoms with van der Waals surface area (Å²) in [6.07, 6.45) is 4.88. The highest BCUT2D eigenvalue weighted by atomic mass is 16.6. The van der Waals surface area contributed by atoms with Gasteiger partial charge in [-0.3, -0.25) is 14.9 Å². The van der Waals surface area contributed by atoms with Crippen LogP contribution in [-0.2, 0) is 11.3 Å². The summed E-state index contributed by atoms with van der Waals surface area (Å²) in [5.41, 5.74) is 0.156. The molecule has 0 radical (unpaired) electrons. The van der Waals surface area contributed by atoms with Gasteiger partial charge in [0, 0.05) is 43.2 Å². The second-order valence-corrected chi connectivity index (χ2v) is 5.89. The molecular weight excluding hydrogens is 324 g/mol. The van der Waals surface area contributed by atoms with Crippen LogP contribution in [0.25, 0.3) is 0 Å². The predicted octanol–water partition coefficient (Wildman–Crippen LogP) is 2.46. The quantitative estimate of drug-likeness (QED) is 0.663. The normalized spacial score (nSPS) is 20.2. The first-order valence-corrected chi connectivity index (χ1v) is 8.28. The molecule has 1 aromatic carbocycles. The van der Waals surface area contributed by atoms with E-state index in [1.807, 2.05) is 17.7 Å². The van der Waals surface area contributed by atoms with Crippen molar-refractivity contribution in [3.8, 4) is 0 Å². The molecule has 8 heteroatoms. The van der Waals surface area contributed by atoms with Crippen molar-refractivity contribution >= 4 is 11.6 Å². The lowest BCUT2D eigenvalue weighted by Crippen LogP contribution is -2.43. The van der Waals surface area contributed by atoms with Crippen molar-refractivity contribution in [2.24, 2.45) is 0 Å². The lowest BCUT2D eigenvalue weighted by atomic mass is 10.0. The molecule has 1 N–H and O–H groups in total. The maximum absolute atomic E-state index is 12.5. The topological polar surface area (TPSA) is 99.3 Å². The average Bonchev–Trinajstić information content (AvgIpc) is 3.10. The number of nitro groups is 1. The van der Waals surface area contributed by atoms with Crippen molar-refractivity contribution in [1.82, 2.24) is 14.9 Å². The van der Waals surface area contributed by atoms with Gasteiger partial charge < -0.3 is 14.6 Å². The minimum absolute atomic E-state index is 0.106. The van der Waals surface area contributed by atoms with E-state index in [1.54, 1.807) is 12.3 Å². The zero-order valence-electron chi connectivity index (χ0n) is 13.9. The van der Waals surface area contributed by atoms with Gasteiger partial charge in [0.05, 0.1) is 11.0 Å². The summed E-state index contributed by atoms with van der Waals surface area (Å²) in [6, 6.07) is 5.48. The molecule has 0 unspecified atom stereocenters. The molecular formula is C17H20N4O4. The Hall–Kier alpha value is -2.74. The molecule has 1 saturated heterocycles. The Morgan fingerprint density at radius 2 is 2.36 bits per heavy atom. The number of carbonyl (C=O) groups excluding carboxylic acids is 1. The van der Waals surface area contributed by atoms with Crippen LogP contribution >= 0.6 is 0 Å². The number of hydrogen-bond acceptors (Lipinski definition) is 5. The second kappa shape index (κ2) is 7.43. The summed E-state index contributed by atoms with van der Waals surface area (Å²) in [5, 5.41) is 13.8. The van der Waals surface area contributed by atoms with E-state index in [2.05, 4.69) is 10.3 Å². The Balaban J connectivity index is 1.79. The molecule has 2 aromatic rings. The Labute approximate surface area is 145 Å². The molecule has 3 rings (SSSR count). The number of hydrogen-bond donors (Lipinski definition) is 1. The molecule has 2 atom stereocenters. The van der Waals surface area contributed by atoms with Crippen molar-refractivity contribution in [1.29, 1.82) is 0 Å². The molecule has 0 aliphatic carbocycles. The van der Waals surface area contributed by atoms with E-state index in [-0.39, 0.29) is 29.3 Å². The molecule has 1 aromatic heterocycles. The van der Waals surface area contributed by atoms with Gasteiger partial charge >= 0.3 is 0 Å². The van der Waals surface area contributed by atoms with E-state index in [0.717, 1.165) is 25.2 Å². The van der Waals surface area contributed by atoms with Crippen LogP contribution in [0.1, 0.15) is 42.1 Å². The minimum Gasteiger partial charge on any atom is -0.368 e. The van der Waals surface area contributed by atoms with Gasteiger partial charge in [0.15, 0.2) is 0 Å². The third-order valence-electron chi connectivity index (χ3n) is 4.30. The fourth-order valence-corrected chi connectivity index (χ4v) is 3.04. The highest BCUT2D eigenvalue weighted by Gasteiger charge is 2.32. The van der Waals surface area contributed by atoms with Crippen LogP contribution in [0.5, 0.6) is 0 Å². The van der Waals surface area contributed by atoms with Gasteiger partial charge in [0.1, 0.15) is 11.9 Å². The van der Waals surface area contributed by atoms with Crippen LogP contribution in [0.15, 0.2) is 36.7 Å². The number of nitro benzene ring substituents is 1. The Bertz CT molecular complexity index is 774. The summed E-state index contributed by atoms with van der Waals surface area (Å²) in [4.78, 5) is 27.3. The summed E-state index contributed by atoms with van der Waals surface area (Å²) in [6.45, 7) is 3.40. The molecule has 1 aliphatic rings. The van der Waals surface area contributed by atoms with Crippen molar-refractivity contribution < 1.29 is 14.5 Å². The van der Waals surface area contributed by atoms with Crippen LogP contribution in [0.3, 0.4) is 0 Å². The highest BCUT2D eigenvalue weighted by molar-refractivity contribution is 5.95. The average molecular weight is 344 g/mol. The smallest absolute Gasteiger partial charge is 0.270 e. The van der Waals surface area contributed by atoms with Crippen molar-refractivity contribution in [2.75, 3.05) is 6.61 Å². The first kappa shape index (κ1) is 17.1. The number of amides is 1. The van der Waals surface area contributed by atoms with Crippen molar-refractivity contribution in [3.63, 3.8) is 0 Å². The molecule has 1 aliphatic heterocycles. The molecule has 2 heterocycles. The van der Waals surface area contributed by atoms with Gasteiger partial charge in [0.25, 0.3) is 11.6 Å². The van der Waals surface area contributed by atoms with Gasteiger partial charge in [-0.2, -0.15) is 0 Å². The molecule has 8 nitrogen and oxygen atoms in total. The third-order valence-corrected chi connectivity index (χ3v) is 4.30. The Kier molecular flexibility index (Phi) is 5.08. The number of aryl methyl sites for hydroxylation is 1. The molecule has 1 amide bonds. The van der Waals surface area contributed by atoms with Crippen molar-refractivity contribution in [2.45, 2.75) is 38.5 Å². The number of nitrogens with zero attached hydrogens (tertiary/aromatic N) is 3. The number of aromatic nitrogens is 2. The number of rotatable bonds is 5. The van der Waals surface area contributed by atoms with E-state index in [0.29, 0.717) is 6.61 Å². The SMILES string of the molecule is CCn1ccnc1[C@H]1OCCC[C@@H]1NC(=O)c1cccc([N+](=O)[O-])c1. The number of benzene rings is 1. The fraction of sp³-hybridized carbons (Fsp3) is 0.412. The van der Waals surface area contributed by atoms with Gasteiger partial charge in [-0.25, -0.2) is 4.98 Å². The maximum Gasteiger partial charge on any atom is 0.270 e. The standard InChI is InChI=1S/C17H20N4O4/c1-2-20-9-8-18-16(20)15-14(7-4-10-25-15)19-17(22)12-5-3-6-13(11-12)21(23)24/h3,5-6,8-9,11,14-15H,2,4,7,10H2,1H3,(H,19,22)/t14-,15-/m0/s1. The first-order chi connectivity index (χ1) is 12.1. The van der Waals surface area contributed by atoms with Gasteiger partial charge in [-0.05, 0) is 25.8 Å². The predicted molar refractivity (Wildman–Crippen MR) is 90.2 cm³/mol. The Morgan fingerprint density at radius 3 is 3.12 bits per heavy atom. The molecule has 25 heavy (non-hydrogen) atoms. The van der Waals surface area contributed by atoms with Gasteiger partial charge in [-0.1, -0.05) is 6.07 Å². The molecule has 0 spiro atoms. The largest absolute Gasteiger partial charge is 0.368 e. The number of nitrogens with one attached hydrogen (secondary N) is 1. The molecule has 0 saturated carbocycles. The van der Waals surface area contributed by atoms with Gasteiger partial charge in [-0.15, -0.1) is 0 Å². The van der Waals surface area contributed by atoms with Crippen LogP contribution in [-0.4, -0.2) is 33.0 Å². The number of ether oxygens (including phenoxy) is 1. The van der Waals surface area contributed by atoms with Crippen molar-refractivity contribution in [3.05, 3.63) is 58.2 Å². The number of carbonyl (C=O) groups is 1. The lowest BCUT2D eigenvalue weighted by Gasteiger charge is -2.32. The van der Waals surface area contributed by atoms with Crippen LogP contribution in [0.4, 0.5) is 5.69 Å². The highest BCUT2D eigenvalue weighted by Crippen LogP contribution is 2.28. The lowest BCUT2D eigenvalue weighted by molar-refractivity contribution is -0.384. The van der Waals surface area contributed by atoms with E-state index in [4.69, 9.17) is 4.74 Å². The summed E-state index contributed by atoms with van der Waals surface area (Å²) >= 11 is 0.